The highest BCUT2D eigenvalue weighted by Gasteiger charge is 2.15. The highest BCUT2D eigenvalue weighted by atomic mass is 35.5. The van der Waals surface area contributed by atoms with Gasteiger partial charge in [-0.15, -0.1) is 0 Å². The largest absolute Gasteiger partial charge is 0.472 e. The molecule has 114 valence electrons. The highest BCUT2D eigenvalue weighted by molar-refractivity contribution is 7.89. The Bertz CT molecular complexity index is 684. The van der Waals surface area contributed by atoms with Gasteiger partial charge in [-0.05, 0) is 30.3 Å². The zero-order valence-corrected chi connectivity index (χ0v) is 13.2. The summed E-state index contributed by atoms with van der Waals surface area (Å²) in [5.41, 5.74) is 1.63. The van der Waals surface area contributed by atoms with Gasteiger partial charge in [0.05, 0.1) is 17.4 Å². The molecule has 0 amide bonds. The predicted octanol–water partition coefficient (Wildman–Crippen LogP) is 2.52. The first-order valence-electron chi connectivity index (χ1n) is 6.53. The van der Waals surface area contributed by atoms with Gasteiger partial charge in [-0.1, -0.05) is 24.6 Å². The summed E-state index contributed by atoms with van der Waals surface area (Å²) in [6.45, 7) is 3.60. The summed E-state index contributed by atoms with van der Waals surface area (Å²) in [5.74, 6) is 0. The Morgan fingerprint density at radius 3 is 2.67 bits per heavy atom. The second-order valence-electron chi connectivity index (χ2n) is 4.49. The molecule has 1 aromatic carbocycles. The summed E-state index contributed by atoms with van der Waals surface area (Å²) in [7, 11) is -3.59. The quantitative estimate of drug-likeness (QED) is 0.819. The zero-order valence-electron chi connectivity index (χ0n) is 11.6. The molecule has 1 aromatic heterocycles. The van der Waals surface area contributed by atoms with Crippen molar-refractivity contribution in [2.45, 2.75) is 24.9 Å². The maximum Gasteiger partial charge on any atom is 0.240 e. The lowest BCUT2D eigenvalue weighted by atomic mass is 10.2. The Labute approximate surface area is 129 Å². The standard InChI is InChI=1S/C14H17ClN2O3S/c1-2-16-9-12-3-4-13(7-14(12)15)21(18,19)17-8-11-5-6-20-10-11/h3-7,10,16-17H,2,8-9H2,1H3. The molecule has 0 aliphatic carbocycles. The van der Waals surface area contributed by atoms with Crippen LogP contribution >= 0.6 is 11.6 Å². The van der Waals surface area contributed by atoms with Gasteiger partial charge in [0.1, 0.15) is 0 Å². The fraction of sp³-hybridized carbons (Fsp3) is 0.286. The lowest BCUT2D eigenvalue weighted by molar-refractivity contribution is 0.561. The number of hydrogen-bond donors (Lipinski definition) is 2. The van der Waals surface area contributed by atoms with Crippen molar-refractivity contribution >= 4 is 21.6 Å². The van der Waals surface area contributed by atoms with Crippen molar-refractivity contribution in [3.05, 3.63) is 52.9 Å². The Balaban J connectivity index is 2.10. The molecule has 0 saturated carbocycles. The predicted molar refractivity (Wildman–Crippen MR) is 81.6 cm³/mol. The van der Waals surface area contributed by atoms with Crippen LogP contribution in [0.2, 0.25) is 5.02 Å². The molecule has 2 rings (SSSR count). The topological polar surface area (TPSA) is 71.3 Å². The van der Waals surface area contributed by atoms with Crippen molar-refractivity contribution in [2.75, 3.05) is 6.54 Å². The van der Waals surface area contributed by atoms with Crippen LogP contribution in [-0.2, 0) is 23.1 Å². The highest BCUT2D eigenvalue weighted by Crippen LogP contribution is 2.21. The van der Waals surface area contributed by atoms with Gasteiger partial charge in [-0.25, -0.2) is 13.1 Å². The van der Waals surface area contributed by atoms with Crippen LogP contribution in [0.5, 0.6) is 0 Å². The van der Waals surface area contributed by atoms with E-state index in [0.29, 0.717) is 11.6 Å². The fourth-order valence-corrected chi connectivity index (χ4v) is 3.11. The maximum absolute atomic E-state index is 12.2. The molecule has 0 spiro atoms. The normalized spacial score (nSPS) is 11.7. The number of halogens is 1. The van der Waals surface area contributed by atoms with E-state index in [-0.39, 0.29) is 11.4 Å². The van der Waals surface area contributed by atoms with E-state index in [4.69, 9.17) is 16.0 Å². The molecular formula is C14H17ClN2O3S. The van der Waals surface area contributed by atoms with Crippen LogP contribution in [0.3, 0.4) is 0 Å². The number of rotatable bonds is 7. The van der Waals surface area contributed by atoms with Crippen LogP contribution in [0.15, 0.2) is 46.1 Å². The zero-order chi connectivity index (χ0) is 15.3. The molecule has 1 heterocycles. The van der Waals surface area contributed by atoms with Gasteiger partial charge in [-0.2, -0.15) is 0 Å². The first kappa shape index (κ1) is 16.0. The van der Waals surface area contributed by atoms with E-state index in [2.05, 4.69) is 10.0 Å². The summed E-state index contributed by atoms with van der Waals surface area (Å²) in [6.07, 6.45) is 2.99. The summed E-state index contributed by atoms with van der Waals surface area (Å²) in [5, 5.41) is 3.58. The summed E-state index contributed by atoms with van der Waals surface area (Å²) in [4.78, 5) is 0.149. The van der Waals surface area contributed by atoms with Crippen LogP contribution in [0.4, 0.5) is 0 Å². The summed E-state index contributed by atoms with van der Waals surface area (Å²) in [6, 6.07) is 6.44. The van der Waals surface area contributed by atoms with Gasteiger partial charge >= 0.3 is 0 Å². The van der Waals surface area contributed by atoms with E-state index in [1.54, 1.807) is 18.2 Å². The van der Waals surface area contributed by atoms with Gasteiger partial charge < -0.3 is 9.73 Å². The van der Waals surface area contributed by atoms with Gasteiger partial charge in [0.25, 0.3) is 0 Å². The van der Waals surface area contributed by atoms with E-state index in [9.17, 15) is 8.42 Å². The molecule has 21 heavy (non-hydrogen) atoms. The molecule has 2 N–H and O–H groups in total. The molecule has 0 aliphatic rings. The molecule has 7 heteroatoms. The average molecular weight is 329 g/mol. The second-order valence-corrected chi connectivity index (χ2v) is 6.66. The Morgan fingerprint density at radius 1 is 1.24 bits per heavy atom. The van der Waals surface area contributed by atoms with Crippen molar-refractivity contribution in [3.63, 3.8) is 0 Å². The SMILES string of the molecule is CCNCc1ccc(S(=O)(=O)NCc2ccoc2)cc1Cl. The van der Waals surface area contributed by atoms with Crippen molar-refractivity contribution in [1.82, 2.24) is 10.0 Å². The van der Waals surface area contributed by atoms with Crippen LogP contribution in [0.25, 0.3) is 0 Å². The van der Waals surface area contributed by atoms with Crippen molar-refractivity contribution in [3.8, 4) is 0 Å². The first-order valence-corrected chi connectivity index (χ1v) is 8.39. The lowest BCUT2D eigenvalue weighted by Crippen LogP contribution is -2.23. The number of sulfonamides is 1. The third-order valence-electron chi connectivity index (χ3n) is 2.95. The average Bonchev–Trinajstić information content (AvgIpc) is 2.97. The molecule has 5 nitrogen and oxygen atoms in total. The van der Waals surface area contributed by atoms with Crippen LogP contribution in [-0.4, -0.2) is 15.0 Å². The molecule has 2 aromatic rings. The number of nitrogens with one attached hydrogen (secondary N) is 2. The minimum Gasteiger partial charge on any atom is -0.472 e. The fourth-order valence-electron chi connectivity index (χ4n) is 1.75. The number of benzene rings is 1. The van der Waals surface area contributed by atoms with E-state index < -0.39 is 10.0 Å². The lowest BCUT2D eigenvalue weighted by Gasteiger charge is -2.09. The first-order chi connectivity index (χ1) is 10.0. The third-order valence-corrected chi connectivity index (χ3v) is 4.70. The van der Waals surface area contributed by atoms with Gasteiger partial charge in [0.15, 0.2) is 0 Å². The monoisotopic (exact) mass is 328 g/mol. The van der Waals surface area contributed by atoms with E-state index in [0.717, 1.165) is 17.7 Å². The molecule has 0 radical (unpaired) electrons. The maximum atomic E-state index is 12.2. The smallest absolute Gasteiger partial charge is 0.240 e. The van der Waals surface area contributed by atoms with Crippen molar-refractivity contribution in [2.24, 2.45) is 0 Å². The molecule has 0 saturated heterocycles. The summed E-state index contributed by atoms with van der Waals surface area (Å²) < 4.78 is 31.8. The number of furan rings is 1. The van der Waals surface area contributed by atoms with Gasteiger partial charge in [0.2, 0.25) is 10.0 Å². The van der Waals surface area contributed by atoms with E-state index in [1.807, 2.05) is 6.92 Å². The van der Waals surface area contributed by atoms with Crippen molar-refractivity contribution < 1.29 is 12.8 Å². The molecule has 0 fully saturated rings. The molecule has 0 aliphatic heterocycles. The third kappa shape index (κ3) is 4.31. The molecule has 0 unspecified atom stereocenters. The minimum atomic E-state index is -3.59. The summed E-state index contributed by atoms with van der Waals surface area (Å²) >= 11 is 6.12. The van der Waals surface area contributed by atoms with E-state index >= 15 is 0 Å². The van der Waals surface area contributed by atoms with Crippen LogP contribution in [0, 0.1) is 0 Å². The molecular weight excluding hydrogens is 312 g/mol. The molecule has 0 bridgehead atoms. The Morgan fingerprint density at radius 2 is 2.05 bits per heavy atom. The molecule has 0 atom stereocenters. The Kier molecular flexibility index (Phi) is 5.41. The van der Waals surface area contributed by atoms with Crippen molar-refractivity contribution in [1.29, 1.82) is 0 Å². The minimum absolute atomic E-state index is 0.149. The van der Waals surface area contributed by atoms with Crippen LogP contribution in [0.1, 0.15) is 18.1 Å². The second kappa shape index (κ2) is 7.09. The number of hydrogen-bond acceptors (Lipinski definition) is 4. The van der Waals surface area contributed by atoms with Crippen LogP contribution < -0.4 is 10.0 Å². The van der Waals surface area contributed by atoms with Gasteiger partial charge in [-0.3, -0.25) is 0 Å². The Hall–Kier alpha value is -1.34. The van der Waals surface area contributed by atoms with Gasteiger partial charge in [0, 0.05) is 23.7 Å². The van der Waals surface area contributed by atoms with E-state index in [1.165, 1.54) is 18.6 Å².